The molecule has 0 radical (unpaired) electrons. The van der Waals surface area contributed by atoms with Crippen molar-refractivity contribution >= 4 is 12.1 Å². The quantitative estimate of drug-likeness (QED) is 0.553. The number of nitrogens with zero attached hydrogens (tertiary/aromatic N) is 1. The second-order valence-corrected chi connectivity index (χ2v) is 3.36. The van der Waals surface area contributed by atoms with Crippen molar-refractivity contribution in [2.45, 2.75) is 19.8 Å². The second-order valence-electron chi connectivity index (χ2n) is 3.36. The lowest BCUT2D eigenvalue weighted by atomic mass is 10.1. The first-order valence-corrected chi connectivity index (χ1v) is 4.97. The van der Waals surface area contributed by atoms with Gasteiger partial charge in [-0.15, -0.1) is 0 Å². The zero-order valence-electron chi connectivity index (χ0n) is 8.73. The number of carbonyl (C=O) groups is 2. The number of piperidine rings is 1. The van der Waals surface area contributed by atoms with Crippen LogP contribution < -0.4 is 0 Å². The van der Waals surface area contributed by atoms with Crippen molar-refractivity contribution in [2.75, 3.05) is 19.7 Å². The van der Waals surface area contributed by atoms with Crippen molar-refractivity contribution in [1.29, 1.82) is 0 Å². The molecule has 84 valence electrons. The zero-order chi connectivity index (χ0) is 11.3. The van der Waals surface area contributed by atoms with Crippen molar-refractivity contribution in [2.24, 2.45) is 0 Å². The van der Waals surface area contributed by atoms with E-state index in [1.165, 1.54) is 11.0 Å². The van der Waals surface area contributed by atoms with Gasteiger partial charge in [-0.05, 0) is 25.3 Å². The molecule has 1 aliphatic rings. The van der Waals surface area contributed by atoms with Crippen LogP contribution in [-0.2, 0) is 9.53 Å². The fourth-order valence-electron chi connectivity index (χ4n) is 1.53. The molecular weight excluding hydrogens is 198 g/mol. The molecule has 0 bridgehead atoms. The van der Waals surface area contributed by atoms with Crippen LogP contribution >= 0.6 is 0 Å². The van der Waals surface area contributed by atoms with Crippen molar-refractivity contribution in [3.05, 3.63) is 11.6 Å². The van der Waals surface area contributed by atoms with Gasteiger partial charge < -0.3 is 14.7 Å². The van der Waals surface area contributed by atoms with Gasteiger partial charge in [-0.25, -0.2) is 9.59 Å². The van der Waals surface area contributed by atoms with E-state index < -0.39 is 6.09 Å². The van der Waals surface area contributed by atoms with Gasteiger partial charge in [0, 0.05) is 19.2 Å². The molecule has 0 atom stereocenters. The second kappa shape index (κ2) is 5.38. The highest BCUT2D eigenvalue weighted by molar-refractivity contribution is 5.83. The largest absolute Gasteiger partial charge is 0.465 e. The van der Waals surface area contributed by atoms with E-state index in [4.69, 9.17) is 9.84 Å². The van der Waals surface area contributed by atoms with E-state index in [0.29, 0.717) is 19.7 Å². The molecule has 0 aliphatic carbocycles. The predicted molar refractivity (Wildman–Crippen MR) is 53.5 cm³/mol. The molecule has 0 aromatic carbocycles. The van der Waals surface area contributed by atoms with E-state index in [1.54, 1.807) is 6.92 Å². The Morgan fingerprint density at radius 3 is 2.93 bits per heavy atom. The van der Waals surface area contributed by atoms with Gasteiger partial charge in [0.25, 0.3) is 0 Å². The summed E-state index contributed by atoms with van der Waals surface area (Å²) in [7, 11) is 0. The van der Waals surface area contributed by atoms with Crippen LogP contribution in [0.5, 0.6) is 0 Å². The molecule has 1 amide bonds. The first kappa shape index (κ1) is 11.6. The highest BCUT2D eigenvalue weighted by Crippen LogP contribution is 2.15. The average molecular weight is 213 g/mol. The van der Waals surface area contributed by atoms with Gasteiger partial charge in [0.15, 0.2) is 0 Å². The van der Waals surface area contributed by atoms with Crippen LogP contribution in [0.15, 0.2) is 11.6 Å². The Balaban J connectivity index is 2.55. The van der Waals surface area contributed by atoms with Crippen LogP contribution in [0.4, 0.5) is 4.79 Å². The molecule has 5 heteroatoms. The molecule has 15 heavy (non-hydrogen) atoms. The molecule has 1 heterocycles. The number of rotatable bonds is 2. The van der Waals surface area contributed by atoms with E-state index >= 15 is 0 Å². The van der Waals surface area contributed by atoms with Gasteiger partial charge in [0.1, 0.15) is 0 Å². The first-order valence-electron chi connectivity index (χ1n) is 4.97. The number of carboxylic acid groups (broad SMARTS) is 1. The van der Waals surface area contributed by atoms with Crippen LogP contribution in [0.3, 0.4) is 0 Å². The van der Waals surface area contributed by atoms with E-state index in [1.807, 2.05) is 0 Å². The van der Waals surface area contributed by atoms with E-state index in [2.05, 4.69) is 0 Å². The highest BCUT2D eigenvalue weighted by Gasteiger charge is 2.18. The summed E-state index contributed by atoms with van der Waals surface area (Å²) in [4.78, 5) is 23.1. The number of esters is 1. The molecular formula is C10H15NO4. The highest BCUT2D eigenvalue weighted by atomic mass is 16.5. The minimum atomic E-state index is -0.940. The van der Waals surface area contributed by atoms with E-state index in [0.717, 1.165) is 18.4 Å². The summed E-state index contributed by atoms with van der Waals surface area (Å²) < 4.78 is 4.76. The van der Waals surface area contributed by atoms with Gasteiger partial charge in [-0.1, -0.05) is 0 Å². The third-order valence-corrected chi connectivity index (χ3v) is 2.20. The molecule has 1 fully saturated rings. The van der Waals surface area contributed by atoms with Crippen LogP contribution in [-0.4, -0.2) is 41.8 Å². The van der Waals surface area contributed by atoms with E-state index in [-0.39, 0.29) is 5.97 Å². The summed E-state index contributed by atoms with van der Waals surface area (Å²) in [6, 6.07) is 0. The first-order chi connectivity index (χ1) is 7.13. The Hall–Kier alpha value is -1.52. The Kier molecular flexibility index (Phi) is 4.15. The number of hydrogen-bond acceptors (Lipinski definition) is 3. The smallest absolute Gasteiger partial charge is 0.407 e. The lowest BCUT2D eigenvalue weighted by molar-refractivity contribution is -0.137. The molecule has 0 aromatic rings. The normalized spacial score (nSPS) is 19.0. The lowest BCUT2D eigenvalue weighted by Crippen LogP contribution is -2.35. The summed E-state index contributed by atoms with van der Waals surface area (Å²) in [5.41, 5.74) is 0.821. The maximum absolute atomic E-state index is 11.1. The van der Waals surface area contributed by atoms with Crippen LogP contribution in [0, 0.1) is 0 Å². The number of carbonyl (C=O) groups excluding carboxylic acids is 1. The molecule has 5 nitrogen and oxygen atoms in total. The minimum Gasteiger partial charge on any atom is -0.465 e. The van der Waals surface area contributed by atoms with Gasteiger partial charge >= 0.3 is 12.1 Å². The summed E-state index contributed by atoms with van der Waals surface area (Å²) in [5.74, 6) is -0.389. The van der Waals surface area contributed by atoms with Crippen LogP contribution in [0.2, 0.25) is 0 Å². The predicted octanol–water partition coefficient (Wildman–Crippen LogP) is 1.25. The number of likely N-dealkylation sites (tertiary alicyclic amines) is 1. The minimum absolute atomic E-state index is 0.314. The molecule has 1 aliphatic heterocycles. The number of ether oxygens (including phenoxy) is 1. The molecule has 1 N–H and O–H groups in total. The van der Waals surface area contributed by atoms with E-state index in [9.17, 15) is 9.59 Å². The maximum atomic E-state index is 11.1. The van der Waals surface area contributed by atoms with Crippen LogP contribution in [0.1, 0.15) is 19.8 Å². The van der Waals surface area contributed by atoms with Gasteiger partial charge in [0.2, 0.25) is 0 Å². The molecule has 0 spiro atoms. The van der Waals surface area contributed by atoms with Gasteiger partial charge in [-0.3, -0.25) is 0 Å². The third-order valence-electron chi connectivity index (χ3n) is 2.20. The van der Waals surface area contributed by atoms with Crippen molar-refractivity contribution in [1.82, 2.24) is 4.90 Å². The fraction of sp³-hybridized carbons (Fsp3) is 0.600. The average Bonchev–Trinajstić information content (AvgIpc) is 2.18. The fourth-order valence-corrected chi connectivity index (χ4v) is 1.53. The monoisotopic (exact) mass is 213 g/mol. The van der Waals surface area contributed by atoms with Crippen molar-refractivity contribution in [3.63, 3.8) is 0 Å². The van der Waals surface area contributed by atoms with Gasteiger partial charge in [0.05, 0.1) is 6.61 Å². The third kappa shape index (κ3) is 3.61. The summed E-state index contributed by atoms with van der Waals surface area (Å²) in [6.07, 6.45) is 1.99. The van der Waals surface area contributed by atoms with Crippen molar-refractivity contribution in [3.8, 4) is 0 Å². The van der Waals surface area contributed by atoms with Crippen LogP contribution in [0.25, 0.3) is 0 Å². The Bertz CT molecular complexity index is 285. The standard InChI is InChI=1S/C10H15NO4/c1-2-15-9(12)6-8-4-3-5-11(7-8)10(13)14/h6H,2-5,7H2,1H3,(H,13,14). The summed E-state index contributed by atoms with van der Waals surface area (Å²) >= 11 is 0. The number of hydrogen-bond donors (Lipinski definition) is 1. The zero-order valence-corrected chi connectivity index (χ0v) is 8.73. The molecule has 0 aromatic heterocycles. The molecule has 0 saturated carbocycles. The summed E-state index contributed by atoms with van der Waals surface area (Å²) in [5, 5.41) is 8.78. The van der Waals surface area contributed by atoms with Crippen molar-refractivity contribution < 1.29 is 19.4 Å². The SMILES string of the molecule is CCOC(=O)C=C1CCCN(C(=O)O)C1. The molecule has 0 unspecified atom stereocenters. The summed E-state index contributed by atoms with van der Waals surface area (Å²) in [6.45, 7) is 2.93. The molecule has 1 rings (SSSR count). The maximum Gasteiger partial charge on any atom is 0.407 e. The Labute approximate surface area is 88.3 Å². The number of amides is 1. The Morgan fingerprint density at radius 2 is 2.33 bits per heavy atom. The topological polar surface area (TPSA) is 66.8 Å². The molecule has 1 saturated heterocycles. The van der Waals surface area contributed by atoms with Gasteiger partial charge in [-0.2, -0.15) is 0 Å². The lowest BCUT2D eigenvalue weighted by Gasteiger charge is -2.25. The Morgan fingerprint density at radius 1 is 1.60 bits per heavy atom.